The monoisotopic (exact) mass is 632 g/mol. The number of rotatable bonds is 8. The highest BCUT2D eigenvalue weighted by atomic mass is 35.5. The van der Waals surface area contributed by atoms with Gasteiger partial charge in [-0.1, -0.05) is 47.5 Å². The number of benzene rings is 2. The van der Waals surface area contributed by atoms with Crippen molar-refractivity contribution in [3.63, 3.8) is 0 Å². The molecule has 2 aliphatic heterocycles. The van der Waals surface area contributed by atoms with E-state index < -0.39 is 34.5 Å². The third-order valence-electron chi connectivity index (χ3n) is 7.05. The van der Waals surface area contributed by atoms with E-state index in [1.165, 1.54) is 35.6 Å². The van der Waals surface area contributed by atoms with Crippen molar-refractivity contribution in [1.82, 2.24) is 24.4 Å². The second-order valence-electron chi connectivity index (χ2n) is 10.1. The van der Waals surface area contributed by atoms with Gasteiger partial charge in [0.25, 0.3) is 0 Å². The fourth-order valence-electron chi connectivity index (χ4n) is 5.23. The lowest BCUT2D eigenvalue weighted by atomic mass is 9.92. The van der Waals surface area contributed by atoms with Crippen LogP contribution in [0.3, 0.4) is 0 Å². The standard InChI is InChI=1S/C28H24ClF3N6O2S2/c1-16-2-4-17(5-3-16)15-42(39,40)36-19-13-23-24(22-8-10-38(35-22)28(31)32)25(20-7-6-18(30)12-21(20)29)34-26(37(23)14-19)27-33-9-11-41-27/h2-12,19,25,28,36H,13-15H2,1H3/t19-,25-/m0/s1. The fraction of sp³-hybridized carbons (Fsp3) is 0.250. The fourth-order valence-corrected chi connectivity index (χ4v) is 7.52. The molecular formula is C28H24ClF3N6O2S2. The third-order valence-corrected chi connectivity index (χ3v) is 9.55. The van der Waals surface area contributed by atoms with Crippen LogP contribution in [0, 0.1) is 12.7 Å². The van der Waals surface area contributed by atoms with Gasteiger partial charge >= 0.3 is 6.55 Å². The molecule has 2 atom stereocenters. The van der Waals surface area contributed by atoms with Gasteiger partial charge in [0.2, 0.25) is 10.0 Å². The Balaban J connectivity index is 1.44. The maximum Gasteiger partial charge on any atom is 0.333 e. The van der Waals surface area contributed by atoms with Crippen LogP contribution < -0.4 is 4.72 Å². The van der Waals surface area contributed by atoms with Crippen LogP contribution in [0.4, 0.5) is 13.2 Å². The van der Waals surface area contributed by atoms with Crippen molar-refractivity contribution in [1.29, 1.82) is 0 Å². The Morgan fingerprint density at radius 2 is 1.95 bits per heavy atom. The number of aryl methyl sites for hydroxylation is 1. The Labute approximate surface area is 249 Å². The van der Waals surface area contributed by atoms with Gasteiger partial charge in [0.05, 0.1) is 11.4 Å². The van der Waals surface area contributed by atoms with E-state index in [1.54, 1.807) is 23.7 Å². The first-order chi connectivity index (χ1) is 20.1. The van der Waals surface area contributed by atoms with Crippen LogP contribution in [0.1, 0.15) is 46.4 Å². The molecule has 4 heterocycles. The lowest BCUT2D eigenvalue weighted by molar-refractivity contribution is 0.0564. The minimum absolute atomic E-state index is 0.107. The normalized spacial score (nSPS) is 19.0. The molecule has 0 bridgehead atoms. The van der Waals surface area contributed by atoms with Crippen LogP contribution in [0.15, 0.2) is 77.0 Å². The Hall–Kier alpha value is -3.52. The summed E-state index contributed by atoms with van der Waals surface area (Å²) in [4.78, 5) is 11.2. The zero-order chi connectivity index (χ0) is 29.6. The van der Waals surface area contributed by atoms with E-state index in [2.05, 4.69) is 14.8 Å². The number of nitrogens with one attached hydrogen (secondary N) is 1. The average Bonchev–Trinajstić information content (AvgIpc) is 3.70. The lowest BCUT2D eigenvalue weighted by Gasteiger charge is -2.32. The molecule has 1 N–H and O–H groups in total. The van der Waals surface area contributed by atoms with Gasteiger partial charge < -0.3 is 4.90 Å². The van der Waals surface area contributed by atoms with Gasteiger partial charge in [0, 0.05) is 58.6 Å². The van der Waals surface area contributed by atoms with Crippen LogP contribution >= 0.6 is 22.9 Å². The van der Waals surface area contributed by atoms with Crippen molar-refractivity contribution < 1.29 is 21.6 Å². The molecule has 2 aromatic carbocycles. The van der Waals surface area contributed by atoms with E-state index in [-0.39, 0.29) is 29.4 Å². The highest BCUT2D eigenvalue weighted by molar-refractivity contribution is 7.88. The number of aliphatic imine (C=N–C) groups is 1. The van der Waals surface area contributed by atoms with E-state index in [4.69, 9.17) is 16.6 Å². The summed E-state index contributed by atoms with van der Waals surface area (Å²) in [5.41, 5.74) is 3.47. The molecule has 4 aromatic rings. The van der Waals surface area contributed by atoms with Crippen molar-refractivity contribution in [3.8, 4) is 0 Å². The summed E-state index contributed by atoms with van der Waals surface area (Å²) in [6.07, 6.45) is 3.02. The Bertz CT molecular complexity index is 1790. The van der Waals surface area contributed by atoms with Crippen LogP contribution in [0.5, 0.6) is 0 Å². The first-order valence-corrected chi connectivity index (χ1v) is 15.8. The van der Waals surface area contributed by atoms with Gasteiger partial charge in [-0.25, -0.2) is 27.2 Å². The molecule has 2 aromatic heterocycles. The Kier molecular flexibility index (Phi) is 7.68. The largest absolute Gasteiger partial charge is 0.333 e. The summed E-state index contributed by atoms with van der Waals surface area (Å²) in [5, 5.41) is 6.59. The molecule has 1 fully saturated rings. The molecule has 0 radical (unpaired) electrons. The summed E-state index contributed by atoms with van der Waals surface area (Å²) < 4.78 is 70.9. The first kappa shape index (κ1) is 28.6. The van der Waals surface area contributed by atoms with Crippen LogP contribution in [-0.4, -0.2) is 46.5 Å². The predicted molar refractivity (Wildman–Crippen MR) is 155 cm³/mol. The van der Waals surface area contributed by atoms with Crippen molar-refractivity contribution in [2.75, 3.05) is 6.54 Å². The van der Waals surface area contributed by atoms with Crippen molar-refractivity contribution in [2.45, 2.75) is 37.7 Å². The molecule has 218 valence electrons. The molecule has 0 saturated carbocycles. The minimum atomic E-state index is -3.75. The van der Waals surface area contributed by atoms with E-state index in [0.29, 0.717) is 37.9 Å². The second-order valence-corrected chi connectivity index (χ2v) is 13.1. The first-order valence-electron chi connectivity index (χ1n) is 12.9. The number of hydrogen-bond acceptors (Lipinski definition) is 7. The molecule has 2 aliphatic rings. The summed E-state index contributed by atoms with van der Waals surface area (Å²) in [6, 6.07) is 11.2. The molecule has 0 spiro atoms. The van der Waals surface area contributed by atoms with Crippen LogP contribution in [0.2, 0.25) is 5.02 Å². The number of alkyl halides is 2. The van der Waals surface area contributed by atoms with Crippen LogP contribution in [0.25, 0.3) is 5.57 Å². The van der Waals surface area contributed by atoms with Gasteiger partial charge in [0.15, 0.2) is 10.8 Å². The van der Waals surface area contributed by atoms with E-state index in [1.807, 2.05) is 24.0 Å². The molecule has 1 saturated heterocycles. The summed E-state index contributed by atoms with van der Waals surface area (Å²) in [6.45, 7) is -0.713. The molecule has 0 aliphatic carbocycles. The summed E-state index contributed by atoms with van der Waals surface area (Å²) >= 11 is 7.84. The molecule has 6 rings (SSSR count). The smallest absolute Gasteiger partial charge is 0.326 e. The number of nitrogens with zero attached hydrogens (tertiary/aromatic N) is 5. The quantitative estimate of drug-likeness (QED) is 0.260. The molecule has 8 nitrogen and oxygen atoms in total. The molecular weight excluding hydrogens is 609 g/mol. The van der Waals surface area contributed by atoms with Gasteiger partial charge in [0.1, 0.15) is 11.9 Å². The molecule has 14 heteroatoms. The van der Waals surface area contributed by atoms with Crippen molar-refractivity contribution in [2.24, 2.45) is 4.99 Å². The topological polar surface area (TPSA) is 92.5 Å². The van der Waals surface area contributed by atoms with Crippen molar-refractivity contribution >= 4 is 44.4 Å². The number of thiazole rings is 1. The number of fused-ring (bicyclic) bond motifs is 1. The third kappa shape index (κ3) is 5.74. The number of sulfonamides is 1. The number of hydrogen-bond donors (Lipinski definition) is 1. The average molecular weight is 633 g/mol. The number of aromatic nitrogens is 3. The predicted octanol–water partition coefficient (Wildman–Crippen LogP) is 5.94. The van der Waals surface area contributed by atoms with Crippen LogP contribution in [-0.2, 0) is 15.8 Å². The van der Waals surface area contributed by atoms with Gasteiger partial charge in [-0.15, -0.1) is 11.3 Å². The SMILES string of the molecule is Cc1ccc(CS(=O)(=O)N[C@H]2CC3=C(c4ccn(C(F)F)n4)[C@H](c4ccc(F)cc4Cl)N=C(c4nccs4)N3C2)cc1. The van der Waals surface area contributed by atoms with Gasteiger partial charge in [-0.2, -0.15) is 13.9 Å². The summed E-state index contributed by atoms with van der Waals surface area (Å²) in [7, 11) is -3.75. The molecule has 0 amide bonds. The highest BCUT2D eigenvalue weighted by Crippen LogP contribution is 2.46. The van der Waals surface area contributed by atoms with Gasteiger partial charge in [-0.05, 0) is 30.7 Å². The van der Waals surface area contributed by atoms with E-state index >= 15 is 0 Å². The van der Waals surface area contributed by atoms with Gasteiger partial charge in [-0.3, -0.25) is 4.99 Å². The Morgan fingerprint density at radius 3 is 2.62 bits per heavy atom. The maximum absolute atomic E-state index is 14.0. The highest BCUT2D eigenvalue weighted by Gasteiger charge is 2.42. The zero-order valence-corrected chi connectivity index (χ0v) is 24.5. The maximum atomic E-state index is 14.0. The Morgan fingerprint density at radius 1 is 1.17 bits per heavy atom. The van der Waals surface area contributed by atoms with Crippen molar-refractivity contribution in [3.05, 3.63) is 110 Å². The zero-order valence-electron chi connectivity index (χ0n) is 22.1. The van der Waals surface area contributed by atoms with E-state index in [9.17, 15) is 21.6 Å². The molecule has 42 heavy (non-hydrogen) atoms. The number of amidine groups is 1. The van der Waals surface area contributed by atoms with E-state index in [0.717, 1.165) is 11.8 Å². The second kappa shape index (κ2) is 11.3. The minimum Gasteiger partial charge on any atom is -0.326 e. The molecule has 0 unspecified atom stereocenters. The lowest BCUT2D eigenvalue weighted by Crippen LogP contribution is -2.39. The number of halogens is 4. The summed E-state index contributed by atoms with van der Waals surface area (Å²) in [5.74, 6) is -0.261.